The highest BCUT2D eigenvalue weighted by molar-refractivity contribution is 5.96. The van der Waals surface area contributed by atoms with Crippen LogP contribution in [-0.4, -0.2) is 56.0 Å². The van der Waals surface area contributed by atoms with Gasteiger partial charge in [0.25, 0.3) is 0 Å². The number of nitrogens with one attached hydrogen (secondary N) is 1. The Morgan fingerprint density at radius 1 is 1.24 bits per heavy atom. The van der Waals surface area contributed by atoms with Crippen molar-refractivity contribution < 1.29 is 9.59 Å². The molecule has 1 aromatic carbocycles. The number of hydrogen-bond acceptors (Lipinski definition) is 4. The second-order valence-corrected chi connectivity index (χ2v) is 6.58. The smallest absolute Gasteiger partial charge is 0.241 e. The van der Waals surface area contributed by atoms with Crippen molar-refractivity contribution in [3.8, 4) is 0 Å². The summed E-state index contributed by atoms with van der Waals surface area (Å²) in [6, 6.07) is 8.09. The number of para-hydroxylation sites is 1. The van der Waals surface area contributed by atoms with Gasteiger partial charge < -0.3 is 16.0 Å². The van der Waals surface area contributed by atoms with E-state index in [2.05, 4.69) is 16.3 Å². The first-order chi connectivity index (χ1) is 11.7. The maximum atomic E-state index is 12.7. The van der Waals surface area contributed by atoms with Crippen LogP contribution >= 0.6 is 12.4 Å². The zero-order chi connectivity index (χ0) is 16.9. The molecule has 7 heteroatoms. The van der Waals surface area contributed by atoms with Crippen molar-refractivity contribution in [2.45, 2.75) is 19.3 Å². The maximum absolute atomic E-state index is 12.7. The number of amides is 2. The molecule has 2 heterocycles. The maximum Gasteiger partial charge on any atom is 0.241 e. The third kappa shape index (κ3) is 4.71. The third-order valence-electron chi connectivity index (χ3n) is 4.87. The Hall–Kier alpha value is -1.63. The van der Waals surface area contributed by atoms with Crippen LogP contribution < -0.4 is 16.0 Å². The highest BCUT2D eigenvalue weighted by atomic mass is 35.5. The number of carbonyl (C=O) groups is 2. The quantitative estimate of drug-likeness (QED) is 0.807. The van der Waals surface area contributed by atoms with Gasteiger partial charge in [-0.15, -0.1) is 12.4 Å². The molecular formula is C18H27ClN4O2. The summed E-state index contributed by atoms with van der Waals surface area (Å²) in [5.74, 6) is 0.149. The summed E-state index contributed by atoms with van der Waals surface area (Å²) in [5, 5.41) is 2.86. The van der Waals surface area contributed by atoms with Gasteiger partial charge in [0.2, 0.25) is 11.8 Å². The second-order valence-electron chi connectivity index (χ2n) is 6.58. The molecule has 1 aromatic rings. The van der Waals surface area contributed by atoms with Crippen molar-refractivity contribution in [2.24, 2.45) is 11.7 Å². The SMILES string of the molecule is Cl.NCCNC(=O)C1CCCN(CC(=O)N2CCc3ccccc32)C1. The zero-order valence-electron chi connectivity index (χ0n) is 14.4. The number of rotatable bonds is 5. The van der Waals surface area contributed by atoms with Gasteiger partial charge in [-0.1, -0.05) is 18.2 Å². The Kier molecular flexibility index (Phi) is 7.23. The molecular weight excluding hydrogens is 340 g/mol. The number of benzene rings is 1. The van der Waals surface area contributed by atoms with Gasteiger partial charge in [0.15, 0.2) is 0 Å². The molecule has 2 aliphatic heterocycles. The topological polar surface area (TPSA) is 78.7 Å². The number of fused-ring (bicyclic) bond motifs is 1. The Balaban J connectivity index is 0.00000225. The first-order valence-electron chi connectivity index (χ1n) is 8.77. The molecule has 3 N–H and O–H groups in total. The molecule has 0 aliphatic carbocycles. The Morgan fingerprint density at radius 2 is 2.04 bits per heavy atom. The van der Waals surface area contributed by atoms with E-state index in [1.54, 1.807) is 0 Å². The number of nitrogens with two attached hydrogens (primary N) is 1. The average Bonchev–Trinajstić information content (AvgIpc) is 3.04. The lowest BCUT2D eigenvalue weighted by Crippen LogP contribution is -2.47. The molecule has 6 nitrogen and oxygen atoms in total. The number of likely N-dealkylation sites (tertiary alicyclic amines) is 1. The molecule has 0 spiro atoms. The zero-order valence-corrected chi connectivity index (χ0v) is 15.3. The van der Waals surface area contributed by atoms with Gasteiger partial charge in [0, 0.05) is 31.9 Å². The molecule has 138 valence electrons. The number of piperidine rings is 1. The summed E-state index contributed by atoms with van der Waals surface area (Å²) in [6.07, 6.45) is 2.75. The van der Waals surface area contributed by atoms with Crippen molar-refractivity contribution in [3.63, 3.8) is 0 Å². The van der Waals surface area contributed by atoms with Crippen LogP contribution in [0, 0.1) is 5.92 Å². The molecule has 0 aromatic heterocycles. The molecule has 1 atom stereocenters. The summed E-state index contributed by atoms with van der Waals surface area (Å²) < 4.78 is 0. The summed E-state index contributed by atoms with van der Waals surface area (Å²) in [7, 11) is 0. The molecule has 0 bridgehead atoms. The minimum absolute atomic E-state index is 0. The summed E-state index contributed by atoms with van der Waals surface area (Å²) in [5.41, 5.74) is 7.71. The lowest BCUT2D eigenvalue weighted by atomic mass is 9.97. The van der Waals surface area contributed by atoms with E-state index in [9.17, 15) is 9.59 Å². The van der Waals surface area contributed by atoms with Crippen molar-refractivity contribution in [1.82, 2.24) is 10.2 Å². The highest BCUT2D eigenvalue weighted by Crippen LogP contribution is 2.27. The minimum atomic E-state index is -0.0380. The van der Waals surface area contributed by atoms with E-state index < -0.39 is 0 Å². The van der Waals surface area contributed by atoms with E-state index in [0.717, 1.165) is 38.0 Å². The van der Waals surface area contributed by atoms with Gasteiger partial charge in [0.1, 0.15) is 0 Å². The second kappa shape index (κ2) is 9.17. The number of halogens is 1. The predicted octanol–water partition coefficient (Wildman–Crippen LogP) is 0.784. The Labute approximate surface area is 155 Å². The van der Waals surface area contributed by atoms with E-state index in [-0.39, 0.29) is 30.1 Å². The Morgan fingerprint density at radius 3 is 2.84 bits per heavy atom. The van der Waals surface area contributed by atoms with Crippen molar-refractivity contribution >= 4 is 29.9 Å². The number of anilines is 1. The minimum Gasteiger partial charge on any atom is -0.355 e. The fraction of sp³-hybridized carbons (Fsp3) is 0.556. The van der Waals surface area contributed by atoms with Crippen LogP contribution in [0.3, 0.4) is 0 Å². The normalized spacial score (nSPS) is 19.9. The summed E-state index contributed by atoms with van der Waals surface area (Å²) in [6.45, 7) is 3.63. The van der Waals surface area contributed by atoms with Gasteiger partial charge in [-0.05, 0) is 37.4 Å². The molecule has 1 fully saturated rings. The van der Waals surface area contributed by atoms with E-state index >= 15 is 0 Å². The standard InChI is InChI=1S/C18H26N4O2.ClH/c19-8-9-20-18(24)15-5-3-10-21(12-15)13-17(23)22-11-7-14-4-1-2-6-16(14)22;/h1-2,4,6,15H,3,5,7-13,19H2,(H,20,24);1H. The number of carbonyl (C=O) groups excluding carboxylic acids is 2. The first-order valence-corrected chi connectivity index (χ1v) is 8.77. The van der Waals surface area contributed by atoms with Crippen LogP contribution in [0.4, 0.5) is 5.69 Å². The lowest BCUT2D eigenvalue weighted by molar-refractivity contribution is -0.128. The van der Waals surface area contributed by atoms with Crippen molar-refractivity contribution in [1.29, 1.82) is 0 Å². The number of nitrogens with zero attached hydrogens (tertiary/aromatic N) is 2. The molecule has 25 heavy (non-hydrogen) atoms. The fourth-order valence-corrected chi connectivity index (χ4v) is 3.63. The molecule has 1 unspecified atom stereocenters. The third-order valence-corrected chi connectivity index (χ3v) is 4.87. The van der Waals surface area contributed by atoms with Gasteiger partial charge >= 0.3 is 0 Å². The van der Waals surface area contributed by atoms with E-state index in [4.69, 9.17) is 5.73 Å². The average molecular weight is 367 g/mol. The molecule has 2 amide bonds. The molecule has 1 saturated heterocycles. The summed E-state index contributed by atoms with van der Waals surface area (Å²) >= 11 is 0. The number of hydrogen-bond donors (Lipinski definition) is 2. The van der Waals surface area contributed by atoms with Crippen LogP contribution in [0.5, 0.6) is 0 Å². The molecule has 3 rings (SSSR count). The summed E-state index contributed by atoms with van der Waals surface area (Å²) in [4.78, 5) is 28.8. The van der Waals surface area contributed by atoms with Gasteiger partial charge in [-0.2, -0.15) is 0 Å². The molecule has 2 aliphatic rings. The lowest BCUT2D eigenvalue weighted by Gasteiger charge is -2.32. The van der Waals surface area contributed by atoms with Gasteiger partial charge in [-0.25, -0.2) is 0 Å². The van der Waals surface area contributed by atoms with Crippen LogP contribution in [0.25, 0.3) is 0 Å². The van der Waals surface area contributed by atoms with E-state index in [0.29, 0.717) is 26.2 Å². The van der Waals surface area contributed by atoms with Crippen molar-refractivity contribution in [3.05, 3.63) is 29.8 Å². The Bertz CT molecular complexity index is 610. The highest BCUT2D eigenvalue weighted by Gasteiger charge is 2.29. The molecule has 0 radical (unpaired) electrons. The van der Waals surface area contributed by atoms with Crippen LogP contribution in [0.15, 0.2) is 24.3 Å². The van der Waals surface area contributed by atoms with Crippen LogP contribution in [0.1, 0.15) is 18.4 Å². The fourth-order valence-electron chi connectivity index (χ4n) is 3.63. The van der Waals surface area contributed by atoms with Crippen molar-refractivity contribution in [2.75, 3.05) is 44.2 Å². The van der Waals surface area contributed by atoms with E-state index in [1.807, 2.05) is 23.1 Å². The largest absolute Gasteiger partial charge is 0.355 e. The van der Waals surface area contributed by atoms with Gasteiger partial charge in [0.05, 0.1) is 12.5 Å². The van der Waals surface area contributed by atoms with E-state index in [1.165, 1.54) is 5.56 Å². The van der Waals surface area contributed by atoms with Crippen LogP contribution in [-0.2, 0) is 16.0 Å². The molecule has 0 saturated carbocycles. The predicted molar refractivity (Wildman–Crippen MR) is 101 cm³/mol. The van der Waals surface area contributed by atoms with Crippen LogP contribution in [0.2, 0.25) is 0 Å². The first kappa shape index (κ1) is 19.7. The monoisotopic (exact) mass is 366 g/mol. The van der Waals surface area contributed by atoms with Gasteiger partial charge in [-0.3, -0.25) is 14.5 Å².